The first-order chi connectivity index (χ1) is 11.1. The van der Waals surface area contributed by atoms with Crippen molar-refractivity contribution in [3.8, 4) is 22.8 Å². The van der Waals surface area contributed by atoms with E-state index < -0.39 is 5.97 Å². The normalized spacial score (nSPS) is 14.9. The summed E-state index contributed by atoms with van der Waals surface area (Å²) in [5, 5.41) is 13.2. The molecule has 0 unspecified atom stereocenters. The zero-order valence-electron chi connectivity index (χ0n) is 13.3. The Bertz CT molecular complexity index is 717. The van der Waals surface area contributed by atoms with Crippen LogP contribution in [0.1, 0.15) is 36.2 Å². The molecule has 1 N–H and O–H groups in total. The van der Waals surface area contributed by atoms with Gasteiger partial charge in [0, 0.05) is 12.6 Å². The first kappa shape index (κ1) is 15.4. The molecule has 1 saturated carbocycles. The van der Waals surface area contributed by atoms with Gasteiger partial charge in [0.1, 0.15) is 0 Å². The Kier molecular flexibility index (Phi) is 4.23. The molecule has 6 heteroatoms. The number of methoxy groups -OCH3 is 1. The monoisotopic (exact) mass is 316 g/mol. The van der Waals surface area contributed by atoms with Gasteiger partial charge in [-0.05, 0) is 43.9 Å². The molecular weight excluding hydrogens is 296 g/mol. The van der Waals surface area contributed by atoms with Gasteiger partial charge in [0.2, 0.25) is 0 Å². The Morgan fingerprint density at radius 3 is 2.70 bits per heavy atom. The van der Waals surface area contributed by atoms with Crippen molar-refractivity contribution in [1.29, 1.82) is 0 Å². The van der Waals surface area contributed by atoms with Crippen molar-refractivity contribution in [3.63, 3.8) is 0 Å². The third-order valence-corrected chi connectivity index (χ3v) is 4.16. The topological polar surface area (TPSA) is 73.6 Å². The first-order valence-electron chi connectivity index (χ1n) is 7.71. The van der Waals surface area contributed by atoms with E-state index in [0.717, 1.165) is 18.4 Å². The summed E-state index contributed by atoms with van der Waals surface area (Å²) in [6.45, 7) is 0. The fraction of sp³-hybridized carbons (Fsp3) is 0.412. The molecule has 2 aromatic rings. The summed E-state index contributed by atoms with van der Waals surface area (Å²) >= 11 is 0. The third kappa shape index (κ3) is 3.02. The number of carboxylic acids is 1. The number of hydrogen-bond donors (Lipinski definition) is 1. The lowest BCUT2D eigenvalue weighted by atomic mass is 10.1. The van der Waals surface area contributed by atoms with Crippen LogP contribution in [0.15, 0.2) is 24.3 Å². The van der Waals surface area contributed by atoms with Crippen molar-refractivity contribution in [2.75, 3.05) is 7.11 Å². The summed E-state index contributed by atoms with van der Waals surface area (Å²) in [6, 6.07) is 7.17. The van der Waals surface area contributed by atoms with Crippen molar-refractivity contribution >= 4 is 5.97 Å². The summed E-state index contributed by atoms with van der Waals surface area (Å²) in [5.74, 6) is 0.252. The van der Waals surface area contributed by atoms with Crippen LogP contribution in [-0.4, -0.2) is 34.1 Å². The number of ether oxygens (including phenoxy) is 2. The van der Waals surface area contributed by atoms with Crippen molar-refractivity contribution < 1.29 is 19.4 Å². The minimum absolute atomic E-state index is 0.0112. The Labute approximate surface area is 134 Å². The maximum atomic E-state index is 11.2. The standard InChI is InChI=1S/C17H20N2O4/c1-19-14(10-13(18-19)17(20)21)12-8-5-9-15(22-2)16(12)23-11-6-3-4-7-11/h5,8-11H,3-4,6-7H2,1-2H3,(H,20,21). The summed E-state index contributed by atoms with van der Waals surface area (Å²) in [5.41, 5.74) is 1.49. The first-order valence-corrected chi connectivity index (χ1v) is 7.71. The summed E-state index contributed by atoms with van der Waals surface area (Å²) in [7, 11) is 3.33. The Balaban J connectivity index is 2.05. The van der Waals surface area contributed by atoms with Crippen LogP contribution in [0.4, 0.5) is 0 Å². The third-order valence-electron chi connectivity index (χ3n) is 4.16. The predicted molar refractivity (Wildman–Crippen MR) is 85.0 cm³/mol. The molecule has 1 aromatic heterocycles. The fourth-order valence-electron chi connectivity index (χ4n) is 3.00. The number of benzene rings is 1. The van der Waals surface area contributed by atoms with E-state index in [4.69, 9.17) is 14.6 Å². The quantitative estimate of drug-likeness (QED) is 0.917. The van der Waals surface area contributed by atoms with Gasteiger partial charge < -0.3 is 14.6 Å². The number of carboxylic acid groups (broad SMARTS) is 1. The molecule has 1 fully saturated rings. The molecule has 0 aliphatic heterocycles. The lowest BCUT2D eigenvalue weighted by molar-refractivity contribution is 0.0689. The molecule has 1 aromatic carbocycles. The zero-order valence-corrected chi connectivity index (χ0v) is 13.3. The number of rotatable bonds is 5. The predicted octanol–water partition coefficient (Wildman–Crippen LogP) is 3.12. The van der Waals surface area contributed by atoms with Gasteiger partial charge in [-0.25, -0.2) is 4.79 Å². The molecule has 0 saturated heterocycles. The minimum atomic E-state index is -1.05. The largest absolute Gasteiger partial charge is 0.493 e. The van der Waals surface area contributed by atoms with Crippen LogP contribution in [0.2, 0.25) is 0 Å². The highest BCUT2D eigenvalue weighted by atomic mass is 16.5. The van der Waals surface area contributed by atoms with Gasteiger partial charge in [-0.3, -0.25) is 4.68 Å². The molecule has 122 valence electrons. The van der Waals surface area contributed by atoms with E-state index in [1.165, 1.54) is 12.8 Å². The van der Waals surface area contributed by atoms with Crippen LogP contribution in [0, 0.1) is 0 Å². The molecule has 3 rings (SSSR count). The average molecular weight is 316 g/mol. The van der Waals surface area contributed by atoms with E-state index in [2.05, 4.69) is 5.10 Å². The lowest BCUT2D eigenvalue weighted by Gasteiger charge is -2.19. The Morgan fingerprint density at radius 1 is 1.35 bits per heavy atom. The molecule has 0 radical (unpaired) electrons. The van der Waals surface area contributed by atoms with E-state index in [-0.39, 0.29) is 11.8 Å². The van der Waals surface area contributed by atoms with Crippen LogP contribution in [-0.2, 0) is 7.05 Å². The molecule has 1 heterocycles. The van der Waals surface area contributed by atoms with Gasteiger partial charge in [0.05, 0.1) is 18.9 Å². The average Bonchev–Trinajstić information content (AvgIpc) is 3.17. The summed E-state index contributed by atoms with van der Waals surface area (Å²) in [6.07, 6.45) is 4.58. The van der Waals surface area contributed by atoms with Crippen LogP contribution >= 0.6 is 0 Å². The highest BCUT2D eigenvalue weighted by Gasteiger charge is 2.23. The number of para-hydroxylation sites is 1. The molecular formula is C17H20N2O4. The smallest absolute Gasteiger partial charge is 0.356 e. The maximum absolute atomic E-state index is 11.2. The van der Waals surface area contributed by atoms with Crippen LogP contribution in [0.25, 0.3) is 11.3 Å². The minimum Gasteiger partial charge on any atom is -0.493 e. The van der Waals surface area contributed by atoms with Gasteiger partial charge in [0.25, 0.3) is 0 Å². The van der Waals surface area contributed by atoms with Crippen molar-refractivity contribution in [3.05, 3.63) is 30.0 Å². The summed E-state index contributed by atoms with van der Waals surface area (Å²) in [4.78, 5) is 11.2. The number of aryl methyl sites for hydroxylation is 1. The second kappa shape index (κ2) is 6.32. The van der Waals surface area contributed by atoms with Gasteiger partial charge in [0.15, 0.2) is 17.2 Å². The second-order valence-corrected chi connectivity index (χ2v) is 5.70. The molecule has 23 heavy (non-hydrogen) atoms. The highest BCUT2D eigenvalue weighted by molar-refractivity contribution is 5.87. The molecule has 0 atom stereocenters. The van der Waals surface area contributed by atoms with Gasteiger partial charge >= 0.3 is 5.97 Å². The highest BCUT2D eigenvalue weighted by Crippen LogP contribution is 2.40. The van der Waals surface area contributed by atoms with Crippen LogP contribution < -0.4 is 9.47 Å². The van der Waals surface area contributed by atoms with E-state index in [1.54, 1.807) is 24.9 Å². The number of hydrogen-bond acceptors (Lipinski definition) is 4. The molecule has 6 nitrogen and oxygen atoms in total. The zero-order chi connectivity index (χ0) is 16.4. The molecule has 1 aliphatic rings. The Morgan fingerprint density at radius 2 is 2.09 bits per heavy atom. The van der Waals surface area contributed by atoms with Crippen LogP contribution in [0.3, 0.4) is 0 Å². The van der Waals surface area contributed by atoms with Gasteiger partial charge in [-0.2, -0.15) is 5.10 Å². The van der Waals surface area contributed by atoms with Gasteiger partial charge in [-0.15, -0.1) is 0 Å². The number of nitrogens with zero attached hydrogens (tertiary/aromatic N) is 2. The van der Waals surface area contributed by atoms with E-state index in [9.17, 15) is 4.79 Å². The van der Waals surface area contributed by atoms with Crippen LogP contribution in [0.5, 0.6) is 11.5 Å². The molecule has 0 spiro atoms. The van der Waals surface area contributed by atoms with Crippen molar-refractivity contribution in [1.82, 2.24) is 9.78 Å². The second-order valence-electron chi connectivity index (χ2n) is 5.70. The number of carbonyl (C=O) groups is 1. The van der Waals surface area contributed by atoms with Crippen molar-refractivity contribution in [2.24, 2.45) is 7.05 Å². The Hall–Kier alpha value is -2.50. The number of aromatic nitrogens is 2. The molecule has 0 bridgehead atoms. The SMILES string of the molecule is COc1cccc(-c2cc(C(=O)O)nn2C)c1OC1CCCC1. The van der Waals surface area contributed by atoms with E-state index >= 15 is 0 Å². The van der Waals surface area contributed by atoms with E-state index in [0.29, 0.717) is 17.2 Å². The maximum Gasteiger partial charge on any atom is 0.356 e. The molecule has 1 aliphatic carbocycles. The van der Waals surface area contributed by atoms with Gasteiger partial charge in [-0.1, -0.05) is 6.07 Å². The van der Waals surface area contributed by atoms with E-state index in [1.807, 2.05) is 18.2 Å². The van der Waals surface area contributed by atoms with Crippen molar-refractivity contribution in [2.45, 2.75) is 31.8 Å². The summed E-state index contributed by atoms with van der Waals surface area (Å²) < 4.78 is 13.2. The molecule has 0 amide bonds. The lowest BCUT2D eigenvalue weighted by Crippen LogP contribution is -2.12. The number of aromatic carboxylic acids is 1. The fourth-order valence-corrected chi connectivity index (χ4v) is 3.00.